The lowest BCUT2D eigenvalue weighted by Gasteiger charge is -2.27. The highest BCUT2D eigenvalue weighted by molar-refractivity contribution is 6.04. The molecule has 9 heteroatoms. The van der Waals surface area contributed by atoms with Crippen molar-refractivity contribution in [2.45, 2.75) is 12.3 Å². The molecule has 0 fully saturated rings. The number of hydrogen-bond acceptors (Lipinski definition) is 6. The molecule has 1 aliphatic heterocycles. The molecule has 3 aromatic rings. The first-order valence-corrected chi connectivity index (χ1v) is 9.75. The van der Waals surface area contributed by atoms with E-state index in [0.29, 0.717) is 22.7 Å². The van der Waals surface area contributed by atoms with Crippen LogP contribution >= 0.6 is 0 Å². The lowest BCUT2D eigenvalue weighted by molar-refractivity contribution is -0.116. The number of aromatic hydroxyl groups is 1. The molecule has 1 aliphatic rings. The second-order valence-corrected chi connectivity index (χ2v) is 7.26. The second kappa shape index (κ2) is 8.18. The van der Waals surface area contributed by atoms with Crippen LogP contribution in [0.15, 0.2) is 42.6 Å². The first-order chi connectivity index (χ1) is 15.4. The Morgan fingerprint density at radius 3 is 2.38 bits per heavy atom. The number of nitrogens with one attached hydrogen (secondary N) is 1. The molecule has 0 spiro atoms. The van der Waals surface area contributed by atoms with Gasteiger partial charge in [0, 0.05) is 30.3 Å². The van der Waals surface area contributed by atoms with Crippen molar-refractivity contribution in [3.63, 3.8) is 0 Å². The third kappa shape index (κ3) is 3.47. The molecule has 9 nitrogen and oxygen atoms in total. The number of amides is 1. The van der Waals surface area contributed by atoms with Gasteiger partial charge in [-0.05, 0) is 29.8 Å². The Morgan fingerprint density at radius 2 is 1.78 bits per heavy atom. The van der Waals surface area contributed by atoms with Gasteiger partial charge in [-0.3, -0.25) is 4.79 Å². The van der Waals surface area contributed by atoms with E-state index in [1.54, 1.807) is 42.0 Å². The standard InChI is InChI=1S/C23H22N2O7/c1-30-14-6-4-5-13(9-14)25-11-16(23(28)29)20-21(25)15(10-19(26)24-20)12-7-17(31-2)22(27)18(8-12)32-3/h4-9,11,15,27H,10H2,1-3H3,(H,24,26)(H,28,29)/t15-/m1/s1. The van der Waals surface area contributed by atoms with E-state index in [1.807, 2.05) is 6.07 Å². The molecule has 0 unspecified atom stereocenters. The third-order valence-electron chi connectivity index (χ3n) is 5.49. The van der Waals surface area contributed by atoms with Gasteiger partial charge in [0.15, 0.2) is 11.5 Å². The van der Waals surface area contributed by atoms with E-state index in [2.05, 4.69) is 5.32 Å². The van der Waals surface area contributed by atoms with E-state index in [0.717, 1.165) is 0 Å². The number of carbonyl (C=O) groups is 2. The van der Waals surface area contributed by atoms with E-state index in [1.165, 1.54) is 20.4 Å². The summed E-state index contributed by atoms with van der Waals surface area (Å²) in [5, 5.41) is 22.8. The van der Waals surface area contributed by atoms with Crippen LogP contribution in [-0.4, -0.2) is 48.0 Å². The topological polar surface area (TPSA) is 119 Å². The van der Waals surface area contributed by atoms with Crippen molar-refractivity contribution in [1.29, 1.82) is 0 Å². The van der Waals surface area contributed by atoms with Crippen molar-refractivity contribution in [2.75, 3.05) is 26.6 Å². The molecule has 1 aromatic heterocycles. The number of nitrogens with zero attached hydrogens (tertiary/aromatic N) is 1. The predicted octanol–water partition coefficient (Wildman–Crippen LogP) is 3.38. The van der Waals surface area contributed by atoms with Crippen LogP contribution in [0, 0.1) is 0 Å². The maximum atomic E-state index is 12.6. The van der Waals surface area contributed by atoms with E-state index >= 15 is 0 Å². The molecular weight excluding hydrogens is 416 g/mol. The third-order valence-corrected chi connectivity index (χ3v) is 5.49. The zero-order valence-corrected chi connectivity index (χ0v) is 17.7. The number of rotatable bonds is 6. The number of carbonyl (C=O) groups excluding carboxylic acids is 1. The summed E-state index contributed by atoms with van der Waals surface area (Å²) in [5.74, 6) is -1.19. The van der Waals surface area contributed by atoms with Crippen LogP contribution in [0.3, 0.4) is 0 Å². The number of ether oxygens (including phenoxy) is 3. The minimum atomic E-state index is -1.16. The SMILES string of the molecule is COc1cccc(-n2cc(C(=O)O)c3c2[C@@H](c2cc(OC)c(O)c(OC)c2)CC(=O)N3)c1. The zero-order chi connectivity index (χ0) is 23.0. The van der Waals surface area contributed by atoms with Crippen LogP contribution in [0.25, 0.3) is 5.69 Å². The van der Waals surface area contributed by atoms with Crippen LogP contribution in [0.2, 0.25) is 0 Å². The predicted molar refractivity (Wildman–Crippen MR) is 116 cm³/mol. The van der Waals surface area contributed by atoms with Crippen molar-refractivity contribution in [1.82, 2.24) is 4.57 Å². The summed E-state index contributed by atoms with van der Waals surface area (Å²) >= 11 is 0. The molecule has 0 aliphatic carbocycles. The first-order valence-electron chi connectivity index (χ1n) is 9.75. The number of phenolic OH excluding ortho intramolecular Hbond substituents is 1. The Labute approximate surface area is 183 Å². The summed E-state index contributed by atoms with van der Waals surface area (Å²) in [6, 6.07) is 10.4. The van der Waals surface area contributed by atoms with E-state index in [-0.39, 0.29) is 40.8 Å². The van der Waals surface area contributed by atoms with Crippen LogP contribution in [-0.2, 0) is 4.79 Å². The van der Waals surface area contributed by atoms with Gasteiger partial charge in [0.05, 0.1) is 32.7 Å². The minimum absolute atomic E-state index is 0.0291. The Hall–Kier alpha value is -4.14. The highest BCUT2D eigenvalue weighted by atomic mass is 16.5. The molecule has 1 amide bonds. The van der Waals surface area contributed by atoms with Gasteiger partial charge in [-0.1, -0.05) is 6.07 Å². The average Bonchev–Trinajstić information content (AvgIpc) is 3.18. The van der Waals surface area contributed by atoms with Crippen molar-refractivity contribution in [3.05, 3.63) is 59.4 Å². The highest BCUT2D eigenvalue weighted by Gasteiger charge is 2.35. The zero-order valence-electron chi connectivity index (χ0n) is 17.7. The fraction of sp³-hybridized carbons (Fsp3) is 0.217. The number of anilines is 1. The average molecular weight is 438 g/mol. The molecule has 0 radical (unpaired) electrons. The van der Waals surface area contributed by atoms with Crippen molar-refractivity contribution < 1.29 is 34.0 Å². The van der Waals surface area contributed by atoms with Gasteiger partial charge in [0.1, 0.15) is 11.3 Å². The van der Waals surface area contributed by atoms with Gasteiger partial charge in [0.2, 0.25) is 11.7 Å². The monoisotopic (exact) mass is 438 g/mol. The second-order valence-electron chi connectivity index (χ2n) is 7.26. The summed E-state index contributed by atoms with van der Waals surface area (Å²) in [6.45, 7) is 0. The molecule has 2 aromatic carbocycles. The number of phenols is 1. The number of aromatic carboxylic acids is 1. The number of methoxy groups -OCH3 is 3. The van der Waals surface area contributed by atoms with Crippen LogP contribution in [0.1, 0.15) is 34.0 Å². The highest BCUT2D eigenvalue weighted by Crippen LogP contribution is 2.46. The van der Waals surface area contributed by atoms with Gasteiger partial charge in [-0.15, -0.1) is 0 Å². The van der Waals surface area contributed by atoms with Gasteiger partial charge in [-0.25, -0.2) is 4.79 Å². The normalized spacial score (nSPS) is 15.0. The lowest BCUT2D eigenvalue weighted by Crippen LogP contribution is -2.25. The molecule has 32 heavy (non-hydrogen) atoms. The maximum Gasteiger partial charge on any atom is 0.339 e. The molecule has 166 valence electrons. The Bertz CT molecular complexity index is 1190. The quantitative estimate of drug-likeness (QED) is 0.540. The molecular formula is C23H22N2O7. The Morgan fingerprint density at radius 1 is 1.09 bits per heavy atom. The number of benzene rings is 2. The smallest absolute Gasteiger partial charge is 0.339 e. The number of aromatic nitrogens is 1. The summed E-state index contributed by atoms with van der Waals surface area (Å²) in [5.41, 5.74) is 2.09. The summed E-state index contributed by atoms with van der Waals surface area (Å²) in [4.78, 5) is 24.5. The fourth-order valence-corrected chi connectivity index (χ4v) is 3.99. The number of fused-ring (bicyclic) bond motifs is 1. The van der Waals surface area contributed by atoms with Gasteiger partial charge in [-0.2, -0.15) is 0 Å². The van der Waals surface area contributed by atoms with Gasteiger partial charge >= 0.3 is 5.97 Å². The summed E-state index contributed by atoms with van der Waals surface area (Å²) in [6.07, 6.45) is 1.55. The minimum Gasteiger partial charge on any atom is -0.502 e. The van der Waals surface area contributed by atoms with Gasteiger partial charge < -0.3 is 34.3 Å². The van der Waals surface area contributed by atoms with E-state index in [4.69, 9.17) is 14.2 Å². The fourth-order valence-electron chi connectivity index (χ4n) is 3.99. The molecule has 0 bridgehead atoms. The summed E-state index contributed by atoms with van der Waals surface area (Å²) < 4.78 is 17.6. The largest absolute Gasteiger partial charge is 0.502 e. The summed E-state index contributed by atoms with van der Waals surface area (Å²) in [7, 11) is 4.38. The van der Waals surface area contributed by atoms with Crippen LogP contribution in [0.5, 0.6) is 23.0 Å². The van der Waals surface area contributed by atoms with E-state index in [9.17, 15) is 19.8 Å². The number of carboxylic acid groups (broad SMARTS) is 1. The van der Waals surface area contributed by atoms with Gasteiger partial charge in [0.25, 0.3) is 0 Å². The van der Waals surface area contributed by atoms with Crippen molar-refractivity contribution >= 4 is 17.6 Å². The van der Waals surface area contributed by atoms with Crippen LogP contribution in [0.4, 0.5) is 5.69 Å². The Kier molecular flexibility index (Phi) is 5.40. The molecule has 0 saturated heterocycles. The lowest BCUT2D eigenvalue weighted by atomic mass is 9.87. The van der Waals surface area contributed by atoms with Crippen LogP contribution < -0.4 is 19.5 Å². The van der Waals surface area contributed by atoms with E-state index < -0.39 is 11.9 Å². The first kappa shape index (κ1) is 21.1. The molecule has 1 atom stereocenters. The molecule has 4 rings (SSSR count). The Balaban J connectivity index is 1.98. The van der Waals surface area contributed by atoms with Crippen molar-refractivity contribution in [3.8, 4) is 28.7 Å². The molecule has 0 saturated carbocycles. The van der Waals surface area contributed by atoms with Crippen molar-refractivity contribution in [2.24, 2.45) is 0 Å². The molecule has 2 heterocycles. The molecule has 3 N–H and O–H groups in total. The number of hydrogen-bond donors (Lipinski definition) is 3. The number of carboxylic acids is 1. The maximum absolute atomic E-state index is 12.6.